The molecule has 3 aliphatic heterocycles. The van der Waals surface area contributed by atoms with Crippen LogP contribution in [0.3, 0.4) is 0 Å². The number of benzene rings is 2. The van der Waals surface area contributed by atoms with Crippen LogP contribution in [0.5, 0.6) is 0 Å². The number of aromatic nitrogens is 1. The monoisotopic (exact) mass is 898 g/mol. The van der Waals surface area contributed by atoms with Gasteiger partial charge in [-0.05, 0) is 96.3 Å². The molecule has 2 aromatic carbocycles. The molecule has 3 saturated heterocycles. The van der Waals surface area contributed by atoms with Gasteiger partial charge in [-0.1, -0.05) is 62.7 Å². The third kappa shape index (κ3) is 11.6. The van der Waals surface area contributed by atoms with Gasteiger partial charge in [0.25, 0.3) is 0 Å². The number of aliphatic hydroxyl groups is 3. The van der Waals surface area contributed by atoms with Gasteiger partial charge in [0.05, 0.1) is 54.0 Å². The molecule has 1 aromatic heterocycles. The number of H-pyrrole nitrogens is 1. The topological polar surface area (TPSA) is 175 Å². The molecule has 0 saturated carbocycles. The maximum absolute atomic E-state index is 15.0. The summed E-state index contributed by atoms with van der Waals surface area (Å²) in [5.41, 5.74) is 0.134. The molecule has 63 heavy (non-hydrogen) atoms. The second-order valence-electron chi connectivity index (χ2n) is 19.4. The summed E-state index contributed by atoms with van der Waals surface area (Å²) in [6.45, 7) is 13.3. The third-order valence-corrected chi connectivity index (χ3v) is 14.0. The van der Waals surface area contributed by atoms with Gasteiger partial charge in [-0.3, -0.25) is 9.59 Å². The Bertz CT molecular complexity index is 1980. The lowest BCUT2D eigenvalue weighted by molar-refractivity contribution is -0.317. The molecule has 15 atom stereocenters. The fourth-order valence-electron chi connectivity index (χ4n) is 10.2. The number of nitrogens with zero attached hydrogens (tertiary/aromatic N) is 2. The lowest BCUT2D eigenvalue weighted by atomic mass is 9.77. The molecule has 0 aliphatic carbocycles. The number of nitrogens with one attached hydrogen (secondary N) is 2. The van der Waals surface area contributed by atoms with Crippen molar-refractivity contribution in [1.82, 2.24) is 20.1 Å². The van der Waals surface area contributed by atoms with E-state index in [2.05, 4.69) is 10.3 Å². The average molecular weight is 900 g/mol. The Morgan fingerprint density at radius 1 is 0.984 bits per heavy atom. The minimum atomic E-state index is -1.60. The zero-order chi connectivity index (χ0) is 46.0. The van der Waals surface area contributed by atoms with Crippen LogP contribution in [0.1, 0.15) is 78.9 Å². The molecule has 3 fully saturated rings. The number of rotatable bonds is 10. The first-order valence-corrected chi connectivity index (χ1v) is 22.9. The smallest absolute Gasteiger partial charge is 0.227 e. The summed E-state index contributed by atoms with van der Waals surface area (Å²) in [5, 5.41) is 40.6. The van der Waals surface area contributed by atoms with Gasteiger partial charge in [0, 0.05) is 60.7 Å². The number of hydrogen-bond acceptors (Lipinski definition) is 11. The van der Waals surface area contributed by atoms with E-state index in [1.54, 1.807) is 44.7 Å². The molecular formula is C48H71ClN4O10. The Morgan fingerprint density at radius 2 is 1.68 bits per heavy atom. The van der Waals surface area contributed by atoms with Crippen molar-refractivity contribution in [3.63, 3.8) is 0 Å². The van der Waals surface area contributed by atoms with Gasteiger partial charge in [-0.25, -0.2) is 0 Å². The van der Waals surface area contributed by atoms with E-state index in [1.807, 2.05) is 82.4 Å². The van der Waals surface area contributed by atoms with Crippen LogP contribution in [0, 0.1) is 17.8 Å². The summed E-state index contributed by atoms with van der Waals surface area (Å²) in [6.07, 6.45) is -3.55. The van der Waals surface area contributed by atoms with Gasteiger partial charge < -0.3 is 59.1 Å². The number of para-hydroxylation sites is 1. The first-order valence-electron chi connectivity index (χ1n) is 22.5. The Hall–Kier alpha value is -3.15. The van der Waals surface area contributed by atoms with E-state index in [1.165, 1.54) is 7.11 Å². The molecule has 350 valence electrons. The number of aliphatic hydroxyl groups excluding tert-OH is 2. The summed E-state index contributed by atoms with van der Waals surface area (Å²) in [5.74, 6) is -2.32. The molecule has 2 amide bonds. The normalized spacial score (nSPS) is 37.5. The zero-order valence-electron chi connectivity index (χ0n) is 38.6. The first kappa shape index (κ1) is 49.3. The summed E-state index contributed by atoms with van der Waals surface area (Å²) in [7, 11) is 5.33. The maximum atomic E-state index is 15.0. The van der Waals surface area contributed by atoms with Gasteiger partial charge in [-0.2, -0.15) is 0 Å². The average Bonchev–Trinajstić information content (AvgIpc) is 3.63. The van der Waals surface area contributed by atoms with Crippen molar-refractivity contribution in [3.8, 4) is 0 Å². The van der Waals surface area contributed by atoms with Crippen LogP contribution in [0.15, 0.2) is 54.7 Å². The van der Waals surface area contributed by atoms with Crippen molar-refractivity contribution >= 4 is 34.3 Å². The highest BCUT2D eigenvalue weighted by Gasteiger charge is 2.51. The first-order chi connectivity index (χ1) is 29.7. The van der Waals surface area contributed by atoms with Gasteiger partial charge in [-0.15, -0.1) is 0 Å². The lowest BCUT2D eigenvalue weighted by Gasteiger charge is -2.48. The second-order valence-corrected chi connectivity index (χ2v) is 19.8. The van der Waals surface area contributed by atoms with E-state index in [9.17, 15) is 24.9 Å². The minimum absolute atomic E-state index is 0.111. The van der Waals surface area contributed by atoms with Gasteiger partial charge >= 0.3 is 0 Å². The largest absolute Gasteiger partial charge is 0.387 e. The van der Waals surface area contributed by atoms with Gasteiger partial charge in [0.2, 0.25) is 11.8 Å². The quantitative estimate of drug-likeness (QED) is 0.184. The molecular weight excluding hydrogens is 828 g/mol. The van der Waals surface area contributed by atoms with Crippen LogP contribution < -0.4 is 5.32 Å². The number of hydrogen-bond donors (Lipinski definition) is 5. The zero-order valence-corrected chi connectivity index (χ0v) is 39.4. The van der Waals surface area contributed by atoms with Crippen molar-refractivity contribution in [2.75, 3.05) is 34.3 Å². The Labute approximate surface area is 377 Å². The summed E-state index contributed by atoms with van der Waals surface area (Å²) in [4.78, 5) is 36.5. The fourth-order valence-corrected chi connectivity index (χ4v) is 10.3. The predicted octanol–water partition coefficient (Wildman–Crippen LogP) is 5.08. The third-order valence-electron chi connectivity index (χ3n) is 13.7. The molecule has 0 bridgehead atoms. The fraction of sp³-hybridized carbons (Fsp3) is 0.667. The molecule has 6 rings (SSSR count). The molecule has 1 unspecified atom stereocenters. The summed E-state index contributed by atoms with van der Waals surface area (Å²) in [6, 6.07) is 14.4. The predicted molar refractivity (Wildman–Crippen MR) is 241 cm³/mol. The van der Waals surface area contributed by atoms with Crippen LogP contribution in [0.25, 0.3) is 10.9 Å². The van der Waals surface area contributed by atoms with E-state index in [0.29, 0.717) is 17.9 Å². The number of amides is 2. The number of carbonyl (C=O) groups is 2. The second kappa shape index (κ2) is 20.6. The number of carbonyl (C=O) groups excluding carboxylic acids is 2. The van der Waals surface area contributed by atoms with Crippen LogP contribution in [-0.2, 0) is 46.1 Å². The van der Waals surface area contributed by atoms with E-state index in [0.717, 1.165) is 22.0 Å². The van der Waals surface area contributed by atoms with E-state index >= 15 is 0 Å². The standard InChI is InChI=1S/C48H71ClN4O10/c1-27-22-47(6,58)44(63-46-41(55)38(52(8)9)19-28(2)60-46)29(3)42(62-40-23-48(7,59-10)43(56)31(5)61-40)30(4)45(57)51-35(21-33-24-50-37-14-12-11-13-36(33)37)26-53(25-27)39(54)20-32-15-17-34(49)18-16-32/h11-18,24,27-31,35,38,40-44,46,50,55-56,58H,19-23,25-26H2,1-10H3,(H,51,57)/t27-,28-,29+,30-,31+,35?,38+,40+,41-,42+,43+,44-,46+,47-,48-/m1/s1. The van der Waals surface area contributed by atoms with Crippen LogP contribution in [0.2, 0.25) is 5.02 Å². The molecule has 15 heteroatoms. The number of aromatic amines is 1. The van der Waals surface area contributed by atoms with Crippen LogP contribution in [0.4, 0.5) is 0 Å². The number of fused-ring (bicyclic) bond motifs is 1. The minimum Gasteiger partial charge on any atom is -0.387 e. The van der Waals surface area contributed by atoms with Crippen LogP contribution in [-0.4, -0.2) is 149 Å². The van der Waals surface area contributed by atoms with Crippen molar-refractivity contribution < 1.29 is 48.6 Å². The van der Waals surface area contributed by atoms with E-state index in [-0.39, 0.29) is 62.2 Å². The molecule has 3 aliphatic rings. The van der Waals surface area contributed by atoms with Crippen molar-refractivity contribution in [2.45, 2.75) is 153 Å². The summed E-state index contributed by atoms with van der Waals surface area (Å²) < 4.78 is 32.1. The molecule has 5 N–H and O–H groups in total. The van der Waals surface area contributed by atoms with E-state index in [4.69, 9.17) is 35.3 Å². The Balaban J connectivity index is 1.42. The van der Waals surface area contributed by atoms with Crippen LogP contribution >= 0.6 is 11.6 Å². The molecule has 4 heterocycles. The van der Waals surface area contributed by atoms with Crippen molar-refractivity contribution in [3.05, 3.63) is 70.9 Å². The van der Waals surface area contributed by atoms with Gasteiger partial charge in [0.15, 0.2) is 12.6 Å². The van der Waals surface area contributed by atoms with E-state index < -0.39 is 72.2 Å². The Morgan fingerprint density at radius 3 is 2.37 bits per heavy atom. The van der Waals surface area contributed by atoms with Crippen molar-refractivity contribution in [2.24, 2.45) is 17.8 Å². The Kier molecular flexibility index (Phi) is 16.1. The molecule has 3 aromatic rings. The highest BCUT2D eigenvalue weighted by Crippen LogP contribution is 2.39. The number of likely N-dealkylation sites (N-methyl/N-ethyl adjacent to an activating group) is 1. The van der Waals surface area contributed by atoms with Gasteiger partial charge in [0.1, 0.15) is 12.2 Å². The number of methoxy groups -OCH3 is 1. The number of ether oxygens (including phenoxy) is 5. The van der Waals surface area contributed by atoms with Crippen molar-refractivity contribution in [1.29, 1.82) is 0 Å². The SMILES string of the molecule is CO[C@]1(C)C[C@H](O[C@H]2[C@H](C)[C@@H](O[C@@H]3O[C@H](C)C[C@H](N(C)C)[C@H]3O)[C@](C)(O)C[C@@H](C)CN(C(=O)Cc3ccc(Cl)cc3)CC(Cc3c[nH]c4ccccc34)NC(=O)[C@@H]2C)O[C@@H](C)[C@@H]1O. The molecule has 0 spiro atoms. The molecule has 0 radical (unpaired) electrons. The maximum Gasteiger partial charge on any atom is 0.227 e. The highest BCUT2D eigenvalue weighted by atomic mass is 35.5. The number of halogens is 1. The molecule has 14 nitrogen and oxygen atoms in total. The summed E-state index contributed by atoms with van der Waals surface area (Å²) >= 11 is 6.20. The highest BCUT2D eigenvalue weighted by molar-refractivity contribution is 6.30. The lowest BCUT2D eigenvalue weighted by Crippen LogP contribution is -2.60.